The van der Waals surface area contributed by atoms with Crippen LogP contribution in [0, 0.1) is 11.6 Å². The van der Waals surface area contributed by atoms with Gasteiger partial charge in [0.15, 0.2) is 0 Å². The first-order chi connectivity index (χ1) is 7.66. The summed E-state index contributed by atoms with van der Waals surface area (Å²) in [6.07, 6.45) is 1.89. The zero-order valence-corrected chi connectivity index (χ0v) is 10.2. The van der Waals surface area contributed by atoms with E-state index in [0.717, 1.165) is 25.5 Å². The molecule has 1 aromatic carbocycles. The molecule has 0 bridgehead atoms. The van der Waals surface area contributed by atoms with Gasteiger partial charge >= 0.3 is 0 Å². The van der Waals surface area contributed by atoms with Gasteiger partial charge in [-0.15, -0.1) is 0 Å². The molecule has 2 nitrogen and oxygen atoms in total. The number of hydrogen-bond acceptors (Lipinski definition) is 2. The molecule has 5 heteroatoms. The summed E-state index contributed by atoms with van der Waals surface area (Å²) < 4.78 is 32.0. The van der Waals surface area contributed by atoms with Gasteiger partial charge in [0.25, 0.3) is 0 Å². The first kappa shape index (κ1) is 11.8. The van der Waals surface area contributed by atoms with E-state index >= 15 is 0 Å². The van der Waals surface area contributed by atoms with Gasteiger partial charge in [0.2, 0.25) is 0 Å². The van der Waals surface area contributed by atoms with Gasteiger partial charge in [-0.3, -0.25) is 0 Å². The molecule has 0 amide bonds. The van der Waals surface area contributed by atoms with Crippen molar-refractivity contribution in [2.45, 2.75) is 18.9 Å². The molecule has 1 saturated heterocycles. The number of benzene rings is 1. The normalized spacial score (nSPS) is 20.8. The molecule has 16 heavy (non-hydrogen) atoms. The van der Waals surface area contributed by atoms with E-state index in [-0.39, 0.29) is 6.04 Å². The molecule has 0 aromatic heterocycles. The Morgan fingerprint density at radius 2 is 2.19 bits per heavy atom. The monoisotopic (exact) mass is 291 g/mol. The lowest BCUT2D eigenvalue weighted by Gasteiger charge is -2.24. The predicted molar refractivity (Wildman–Crippen MR) is 61.5 cm³/mol. The average Bonchev–Trinajstić information content (AvgIpc) is 2.25. The maximum atomic E-state index is 13.5. The number of halogens is 3. The van der Waals surface area contributed by atoms with E-state index in [2.05, 4.69) is 21.2 Å². The van der Waals surface area contributed by atoms with Crippen LogP contribution < -0.4 is 5.32 Å². The maximum Gasteiger partial charge on any atom is 0.150 e. The van der Waals surface area contributed by atoms with Gasteiger partial charge in [0, 0.05) is 23.2 Å². The van der Waals surface area contributed by atoms with Crippen LogP contribution in [0.25, 0.3) is 0 Å². The van der Waals surface area contributed by atoms with Crippen LogP contribution in [0.4, 0.5) is 14.5 Å². The minimum atomic E-state index is -0.588. The summed E-state index contributed by atoms with van der Waals surface area (Å²) >= 11 is 3.14. The number of rotatable bonds is 2. The van der Waals surface area contributed by atoms with Crippen molar-refractivity contribution in [3.05, 3.63) is 28.2 Å². The predicted octanol–water partition coefficient (Wildman–Crippen LogP) is 3.32. The highest BCUT2D eigenvalue weighted by Crippen LogP contribution is 2.28. The van der Waals surface area contributed by atoms with Crippen molar-refractivity contribution in [2.75, 3.05) is 18.5 Å². The Bertz CT molecular complexity index is 357. The highest BCUT2D eigenvalue weighted by atomic mass is 79.9. The first-order valence-corrected chi connectivity index (χ1v) is 5.95. The SMILES string of the molecule is Fc1cc(F)c(NC2CCCOC2)c(Br)c1. The highest BCUT2D eigenvalue weighted by molar-refractivity contribution is 9.10. The molecule has 1 heterocycles. The summed E-state index contributed by atoms with van der Waals surface area (Å²) in [4.78, 5) is 0. The van der Waals surface area contributed by atoms with E-state index in [1.54, 1.807) is 0 Å². The van der Waals surface area contributed by atoms with Gasteiger partial charge in [0.1, 0.15) is 11.6 Å². The van der Waals surface area contributed by atoms with Gasteiger partial charge in [-0.25, -0.2) is 8.78 Å². The highest BCUT2D eigenvalue weighted by Gasteiger charge is 2.17. The van der Waals surface area contributed by atoms with Crippen LogP contribution in [-0.2, 0) is 4.74 Å². The van der Waals surface area contributed by atoms with E-state index in [9.17, 15) is 8.78 Å². The van der Waals surface area contributed by atoms with Crippen molar-refractivity contribution >= 4 is 21.6 Å². The molecule has 0 aliphatic carbocycles. The second-order valence-corrected chi connectivity index (χ2v) is 4.66. The summed E-state index contributed by atoms with van der Waals surface area (Å²) in [5.41, 5.74) is 0.303. The van der Waals surface area contributed by atoms with Crippen molar-refractivity contribution in [1.82, 2.24) is 0 Å². The fourth-order valence-corrected chi connectivity index (χ4v) is 2.26. The fraction of sp³-hybridized carbons (Fsp3) is 0.455. The van der Waals surface area contributed by atoms with E-state index in [4.69, 9.17) is 4.74 Å². The molecule has 1 fully saturated rings. The zero-order valence-electron chi connectivity index (χ0n) is 8.60. The number of nitrogens with one attached hydrogen (secondary N) is 1. The lowest BCUT2D eigenvalue weighted by molar-refractivity contribution is 0.0875. The van der Waals surface area contributed by atoms with Crippen molar-refractivity contribution in [2.24, 2.45) is 0 Å². The molecule has 1 aliphatic heterocycles. The van der Waals surface area contributed by atoms with Crippen LogP contribution >= 0.6 is 15.9 Å². The maximum absolute atomic E-state index is 13.5. The largest absolute Gasteiger partial charge is 0.379 e. The molecule has 2 rings (SSSR count). The standard InChI is InChI=1S/C11H12BrF2NO/c12-9-4-7(13)5-10(14)11(9)15-8-2-1-3-16-6-8/h4-5,8,15H,1-3,6H2. The average molecular weight is 292 g/mol. The number of ether oxygens (including phenoxy) is 1. The number of hydrogen-bond donors (Lipinski definition) is 1. The van der Waals surface area contributed by atoms with Gasteiger partial charge in [0.05, 0.1) is 12.3 Å². The Hall–Kier alpha value is -0.680. The molecule has 1 atom stereocenters. The molecule has 1 N–H and O–H groups in total. The molecule has 1 aliphatic rings. The molecule has 1 unspecified atom stereocenters. The molecular weight excluding hydrogens is 280 g/mol. The van der Waals surface area contributed by atoms with Crippen LogP contribution in [0.2, 0.25) is 0 Å². The topological polar surface area (TPSA) is 21.3 Å². The van der Waals surface area contributed by atoms with Crippen LogP contribution in [0.3, 0.4) is 0 Å². The first-order valence-electron chi connectivity index (χ1n) is 5.15. The summed E-state index contributed by atoms with van der Waals surface area (Å²) in [5, 5.41) is 3.03. The molecule has 1 aromatic rings. The molecule has 0 radical (unpaired) electrons. The zero-order chi connectivity index (χ0) is 11.5. The van der Waals surface area contributed by atoms with E-state index in [0.29, 0.717) is 16.8 Å². The Morgan fingerprint density at radius 3 is 2.81 bits per heavy atom. The van der Waals surface area contributed by atoms with Crippen molar-refractivity contribution in [3.8, 4) is 0 Å². The summed E-state index contributed by atoms with van der Waals surface area (Å²) in [6.45, 7) is 1.31. The molecule has 0 spiro atoms. The van der Waals surface area contributed by atoms with E-state index < -0.39 is 11.6 Å². The second-order valence-electron chi connectivity index (χ2n) is 3.80. The smallest absolute Gasteiger partial charge is 0.150 e. The minimum absolute atomic E-state index is 0.0880. The fourth-order valence-electron chi connectivity index (χ4n) is 1.74. The van der Waals surface area contributed by atoms with Gasteiger partial charge in [-0.05, 0) is 34.8 Å². The summed E-state index contributed by atoms with van der Waals surface area (Å²) in [7, 11) is 0. The van der Waals surface area contributed by atoms with Crippen LogP contribution in [0.1, 0.15) is 12.8 Å². The van der Waals surface area contributed by atoms with Crippen LogP contribution in [0.5, 0.6) is 0 Å². The molecular formula is C11H12BrF2NO. The lowest BCUT2D eigenvalue weighted by atomic mass is 10.1. The third-order valence-electron chi connectivity index (χ3n) is 2.52. The summed E-state index contributed by atoms with van der Waals surface area (Å²) in [6, 6.07) is 2.20. The molecule has 88 valence electrons. The lowest BCUT2D eigenvalue weighted by Crippen LogP contribution is -2.30. The van der Waals surface area contributed by atoms with Crippen molar-refractivity contribution in [3.63, 3.8) is 0 Å². The molecule has 0 saturated carbocycles. The second kappa shape index (κ2) is 5.10. The van der Waals surface area contributed by atoms with Gasteiger partial charge < -0.3 is 10.1 Å². The Balaban J connectivity index is 2.14. The summed E-state index contributed by atoms with van der Waals surface area (Å²) in [5.74, 6) is -1.17. The van der Waals surface area contributed by atoms with Gasteiger partial charge in [-0.1, -0.05) is 0 Å². The third kappa shape index (κ3) is 2.71. The van der Waals surface area contributed by atoms with E-state index in [1.807, 2.05) is 0 Å². The van der Waals surface area contributed by atoms with Crippen molar-refractivity contribution in [1.29, 1.82) is 0 Å². The Kier molecular flexibility index (Phi) is 3.76. The van der Waals surface area contributed by atoms with E-state index in [1.165, 1.54) is 6.07 Å². The minimum Gasteiger partial charge on any atom is -0.379 e. The van der Waals surface area contributed by atoms with Crippen molar-refractivity contribution < 1.29 is 13.5 Å². The Morgan fingerprint density at radius 1 is 1.38 bits per heavy atom. The number of anilines is 1. The van der Waals surface area contributed by atoms with Crippen LogP contribution in [-0.4, -0.2) is 19.3 Å². The van der Waals surface area contributed by atoms with Gasteiger partial charge in [-0.2, -0.15) is 0 Å². The van der Waals surface area contributed by atoms with Crippen LogP contribution in [0.15, 0.2) is 16.6 Å². The Labute approximate surface area is 101 Å². The quantitative estimate of drug-likeness (QED) is 0.903. The third-order valence-corrected chi connectivity index (χ3v) is 3.14.